The zero-order valence-electron chi connectivity index (χ0n) is 15.1. The molecule has 4 saturated heterocycles. The molecule has 0 radical (unpaired) electrons. The number of benzene rings is 1. The predicted molar refractivity (Wildman–Crippen MR) is 97.5 cm³/mol. The number of furan rings is 1. The average Bonchev–Trinajstić information content (AvgIpc) is 3.02. The summed E-state index contributed by atoms with van der Waals surface area (Å²) in [5, 5.41) is 10.8. The van der Waals surface area contributed by atoms with Crippen LogP contribution in [0.25, 0.3) is 11.3 Å². The molecule has 0 amide bonds. The molecule has 6 nitrogen and oxygen atoms in total. The number of piperidine rings is 2. The maximum absolute atomic E-state index is 10.8. The fourth-order valence-corrected chi connectivity index (χ4v) is 5.83. The molecule has 2 aromatic rings. The van der Waals surface area contributed by atoms with E-state index in [0.29, 0.717) is 22.8 Å². The van der Waals surface area contributed by atoms with Crippen molar-refractivity contribution in [3.05, 3.63) is 52.1 Å². The van der Waals surface area contributed by atoms with Crippen molar-refractivity contribution in [2.75, 3.05) is 26.2 Å². The summed E-state index contributed by atoms with van der Waals surface area (Å²) < 4.78 is 5.32. The van der Waals surface area contributed by atoms with Crippen LogP contribution >= 0.6 is 0 Å². The molecule has 4 bridgehead atoms. The van der Waals surface area contributed by atoms with Crippen molar-refractivity contribution in [1.29, 1.82) is 0 Å². The minimum atomic E-state index is -0.506. The van der Waals surface area contributed by atoms with Gasteiger partial charge in [0, 0.05) is 31.7 Å². The Balaban J connectivity index is 1.42. The van der Waals surface area contributed by atoms with Gasteiger partial charge in [0.2, 0.25) is 0 Å². The molecule has 0 unspecified atom stereocenters. The quantitative estimate of drug-likeness (QED) is 0.618. The van der Waals surface area contributed by atoms with Crippen molar-refractivity contribution in [3.8, 4) is 11.3 Å². The SMILES string of the molecule is CC12CN3CC(C)(CN(C1)C3c1ccc(-c3ccc([N+](=O)[O-])o3)cc1)C2. The lowest BCUT2D eigenvalue weighted by Gasteiger charge is -2.66. The van der Waals surface area contributed by atoms with Crippen molar-refractivity contribution < 1.29 is 9.34 Å². The van der Waals surface area contributed by atoms with Gasteiger partial charge in [-0.3, -0.25) is 19.9 Å². The highest BCUT2D eigenvalue weighted by molar-refractivity contribution is 5.59. The van der Waals surface area contributed by atoms with Crippen molar-refractivity contribution in [3.63, 3.8) is 0 Å². The largest absolute Gasteiger partial charge is 0.433 e. The number of nitro groups is 1. The molecule has 1 aromatic heterocycles. The van der Waals surface area contributed by atoms with E-state index in [4.69, 9.17) is 4.42 Å². The van der Waals surface area contributed by atoms with E-state index in [0.717, 1.165) is 31.7 Å². The summed E-state index contributed by atoms with van der Waals surface area (Å²) in [6, 6.07) is 11.4. The normalized spacial score (nSPS) is 37.8. The molecule has 136 valence electrons. The van der Waals surface area contributed by atoms with E-state index >= 15 is 0 Å². The highest BCUT2D eigenvalue weighted by Gasteiger charge is 2.56. The van der Waals surface area contributed by atoms with Gasteiger partial charge in [-0.2, -0.15) is 0 Å². The Labute approximate surface area is 152 Å². The van der Waals surface area contributed by atoms with Crippen LogP contribution in [-0.2, 0) is 0 Å². The number of hydrogen-bond donors (Lipinski definition) is 0. The average molecular weight is 353 g/mol. The van der Waals surface area contributed by atoms with Gasteiger partial charge in [-0.1, -0.05) is 38.1 Å². The van der Waals surface area contributed by atoms with Crippen molar-refractivity contribution in [2.45, 2.75) is 26.4 Å². The summed E-state index contributed by atoms with van der Waals surface area (Å²) in [7, 11) is 0. The molecule has 4 aliphatic heterocycles. The monoisotopic (exact) mass is 353 g/mol. The fourth-order valence-electron chi connectivity index (χ4n) is 5.83. The zero-order valence-corrected chi connectivity index (χ0v) is 15.1. The smallest absolute Gasteiger partial charge is 0.401 e. The van der Waals surface area contributed by atoms with Gasteiger partial charge < -0.3 is 4.42 Å². The maximum atomic E-state index is 10.8. The number of hydrogen-bond acceptors (Lipinski definition) is 5. The molecule has 4 aliphatic rings. The molecular weight excluding hydrogens is 330 g/mol. The van der Waals surface area contributed by atoms with E-state index in [-0.39, 0.29) is 5.88 Å². The van der Waals surface area contributed by atoms with Crippen molar-refractivity contribution in [2.24, 2.45) is 10.8 Å². The van der Waals surface area contributed by atoms with Gasteiger partial charge in [-0.05, 0) is 28.9 Å². The van der Waals surface area contributed by atoms with Gasteiger partial charge in [0.15, 0.2) is 0 Å². The Hall–Kier alpha value is -2.18. The molecule has 5 heterocycles. The van der Waals surface area contributed by atoms with E-state index in [1.165, 1.54) is 18.1 Å². The molecule has 0 N–H and O–H groups in total. The second kappa shape index (κ2) is 5.18. The first-order chi connectivity index (χ1) is 12.3. The minimum absolute atomic E-state index is 0.219. The van der Waals surface area contributed by atoms with Crippen LogP contribution in [0.5, 0.6) is 0 Å². The summed E-state index contributed by atoms with van der Waals surface area (Å²) >= 11 is 0. The summed E-state index contributed by atoms with van der Waals surface area (Å²) in [6.07, 6.45) is 1.67. The Bertz CT molecular complexity index is 837. The van der Waals surface area contributed by atoms with Gasteiger partial charge >= 0.3 is 5.88 Å². The van der Waals surface area contributed by atoms with Crippen LogP contribution in [-0.4, -0.2) is 40.9 Å². The summed E-state index contributed by atoms with van der Waals surface area (Å²) in [5.41, 5.74) is 2.99. The van der Waals surface area contributed by atoms with Crippen LogP contribution in [0.1, 0.15) is 32.0 Å². The first-order valence-corrected chi connectivity index (χ1v) is 9.17. The van der Waals surface area contributed by atoms with Crippen LogP contribution in [0, 0.1) is 20.9 Å². The summed E-state index contributed by atoms with van der Waals surface area (Å²) in [4.78, 5) is 15.6. The number of rotatable bonds is 3. The van der Waals surface area contributed by atoms with E-state index in [2.05, 4.69) is 35.8 Å². The number of nitrogens with zero attached hydrogens (tertiary/aromatic N) is 3. The fraction of sp³-hybridized carbons (Fsp3) is 0.500. The highest BCUT2D eigenvalue weighted by Crippen LogP contribution is 2.54. The predicted octanol–water partition coefficient (Wildman–Crippen LogP) is 3.90. The van der Waals surface area contributed by atoms with Gasteiger partial charge in [0.05, 0.1) is 12.2 Å². The molecule has 0 spiro atoms. The van der Waals surface area contributed by atoms with Crippen LogP contribution in [0.15, 0.2) is 40.8 Å². The molecule has 0 atom stereocenters. The summed E-state index contributed by atoms with van der Waals surface area (Å²) in [6.45, 7) is 9.50. The van der Waals surface area contributed by atoms with Gasteiger partial charge in [0.1, 0.15) is 10.7 Å². The first kappa shape index (κ1) is 16.0. The molecule has 1 aromatic carbocycles. The third kappa shape index (κ3) is 2.40. The molecule has 4 fully saturated rings. The Morgan fingerprint density at radius 1 is 1.00 bits per heavy atom. The lowest BCUT2D eigenvalue weighted by Crippen LogP contribution is -2.70. The maximum Gasteiger partial charge on any atom is 0.433 e. The lowest BCUT2D eigenvalue weighted by molar-refractivity contribution is -0.401. The van der Waals surface area contributed by atoms with E-state index < -0.39 is 4.92 Å². The zero-order chi connectivity index (χ0) is 18.1. The molecule has 6 rings (SSSR count). The third-order valence-corrected chi connectivity index (χ3v) is 6.15. The topological polar surface area (TPSA) is 62.8 Å². The Morgan fingerprint density at radius 3 is 2.08 bits per heavy atom. The molecule has 6 heteroatoms. The highest BCUT2D eigenvalue weighted by atomic mass is 16.6. The standard InChI is InChI=1S/C20H23N3O3/c1-19-9-20(2)12-21(10-19)18(22(11-19)13-20)15-5-3-14(4-6-15)16-7-8-17(26-16)23(24)25/h3-8,18H,9-13H2,1-2H3. The van der Waals surface area contributed by atoms with Crippen LogP contribution in [0.2, 0.25) is 0 Å². The molecule has 0 saturated carbocycles. The van der Waals surface area contributed by atoms with Gasteiger partial charge in [-0.25, -0.2) is 0 Å². The minimum Gasteiger partial charge on any atom is -0.401 e. The third-order valence-electron chi connectivity index (χ3n) is 6.15. The summed E-state index contributed by atoms with van der Waals surface area (Å²) in [5.74, 6) is 0.317. The van der Waals surface area contributed by atoms with Crippen LogP contribution in [0.3, 0.4) is 0 Å². The van der Waals surface area contributed by atoms with E-state index in [9.17, 15) is 10.1 Å². The Morgan fingerprint density at radius 2 is 1.58 bits per heavy atom. The van der Waals surface area contributed by atoms with Gasteiger partial charge in [-0.15, -0.1) is 0 Å². The van der Waals surface area contributed by atoms with Crippen LogP contribution < -0.4 is 0 Å². The van der Waals surface area contributed by atoms with Crippen molar-refractivity contribution >= 4 is 5.88 Å². The van der Waals surface area contributed by atoms with E-state index in [1.54, 1.807) is 6.07 Å². The second-order valence-electron chi connectivity index (χ2n) is 9.00. The lowest BCUT2D eigenvalue weighted by atomic mass is 9.63. The molecular formula is C20H23N3O3. The molecule has 0 aliphatic carbocycles. The van der Waals surface area contributed by atoms with E-state index in [1.807, 2.05) is 12.1 Å². The second-order valence-corrected chi connectivity index (χ2v) is 9.00. The Kier molecular flexibility index (Phi) is 3.19. The van der Waals surface area contributed by atoms with Gasteiger partial charge in [0.25, 0.3) is 0 Å². The molecule has 26 heavy (non-hydrogen) atoms. The van der Waals surface area contributed by atoms with Crippen LogP contribution in [0.4, 0.5) is 5.88 Å². The first-order valence-electron chi connectivity index (χ1n) is 9.17. The van der Waals surface area contributed by atoms with Crippen molar-refractivity contribution in [1.82, 2.24) is 9.80 Å².